The van der Waals surface area contributed by atoms with Crippen molar-refractivity contribution in [3.8, 4) is 0 Å². The van der Waals surface area contributed by atoms with Crippen molar-refractivity contribution in [2.45, 2.75) is 163 Å². The maximum absolute atomic E-state index is 6.13. The Morgan fingerprint density at radius 1 is 0.405 bits per heavy atom. The summed E-state index contributed by atoms with van der Waals surface area (Å²) in [5.41, 5.74) is 0. The van der Waals surface area contributed by atoms with Gasteiger partial charge < -0.3 is 17.8 Å². The van der Waals surface area contributed by atoms with Crippen molar-refractivity contribution >= 4 is 8.80 Å². The summed E-state index contributed by atoms with van der Waals surface area (Å²) in [6, 6.07) is 0.950. The highest BCUT2D eigenvalue weighted by atomic mass is 28.4. The molecule has 0 saturated heterocycles. The van der Waals surface area contributed by atoms with E-state index in [-0.39, 0.29) is 0 Å². The summed E-state index contributed by atoms with van der Waals surface area (Å²) in [6.07, 6.45) is 26.5. The summed E-state index contributed by atoms with van der Waals surface area (Å²) < 4.78 is 19.6. The van der Waals surface area contributed by atoms with E-state index < -0.39 is 8.80 Å². The van der Waals surface area contributed by atoms with Gasteiger partial charge in [-0.15, -0.1) is 0 Å². The van der Waals surface area contributed by atoms with E-state index in [1.54, 1.807) is 0 Å². The largest absolute Gasteiger partial charge is 0.501 e. The molecule has 0 fully saturated rings. The van der Waals surface area contributed by atoms with Gasteiger partial charge in [0.25, 0.3) is 0 Å². The minimum Gasteiger partial charge on any atom is -0.374 e. The van der Waals surface area contributed by atoms with Crippen LogP contribution >= 0.6 is 0 Å². The third-order valence-electron chi connectivity index (χ3n) is 7.88. The van der Waals surface area contributed by atoms with E-state index in [0.717, 1.165) is 12.5 Å². The van der Waals surface area contributed by atoms with Gasteiger partial charge in [-0.3, -0.25) is 0 Å². The molecule has 0 amide bonds. The quantitative estimate of drug-likeness (QED) is 0.0511. The molecule has 0 bridgehead atoms. The Morgan fingerprint density at radius 2 is 0.703 bits per heavy atom. The zero-order chi connectivity index (χ0) is 27.5. The molecule has 0 aromatic rings. The van der Waals surface area contributed by atoms with E-state index in [1.165, 1.54) is 140 Å². The van der Waals surface area contributed by atoms with Gasteiger partial charge in [0.2, 0.25) is 0 Å². The van der Waals surface area contributed by atoms with E-state index in [4.69, 9.17) is 13.3 Å². The van der Waals surface area contributed by atoms with Gasteiger partial charge in [0, 0.05) is 32.3 Å². The van der Waals surface area contributed by atoms with E-state index in [1.807, 2.05) is 0 Å². The van der Waals surface area contributed by atoms with Gasteiger partial charge in [0.1, 0.15) is 0 Å². The molecule has 0 radical (unpaired) electrons. The van der Waals surface area contributed by atoms with Gasteiger partial charge in [-0.2, -0.15) is 0 Å². The molecule has 0 unspecified atom stereocenters. The summed E-state index contributed by atoms with van der Waals surface area (Å²) >= 11 is 0. The number of nitrogens with zero attached hydrogens (tertiary/aromatic N) is 1. The van der Waals surface area contributed by atoms with Gasteiger partial charge >= 0.3 is 8.80 Å². The van der Waals surface area contributed by atoms with Crippen LogP contribution in [-0.2, 0) is 13.3 Å². The SMILES string of the molecule is CCCCCCCCCCC[N+](C)(CCCCCCCCCCC)CCC[Si](OCC)(OCC)OCC. The maximum Gasteiger partial charge on any atom is 0.501 e. The van der Waals surface area contributed by atoms with Crippen molar-refractivity contribution < 1.29 is 17.8 Å². The normalized spacial score (nSPS) is 12.5. The molecule has 0 aliphatic heterocycles. The lowest BCUT2D eigenvalue weighted by molar-refractivity contribution is -0.910. The summed E-state index contributed by atoms with van der Waals surface area (Å²) in [7, 11) is -0.0165. The minimum absolute atomic E-state index is 0.676. The Morgan fingerprint density at radius 3 is 1.03 bits per heavy atom. The van der Waals surface area contributed by atoms with E-state index >= 15 is 0 Å². The lowest BCUT2D eigenvalue weighted by atomic mass is 10.1. The van der Waals surface area contributed by atoms with Gasteiger partial charge in [0.05, 0.1) is 26.7 Å². The summed E-state index contributed by atoms with van der Waals surface area (Å²) in [5.74, 6) is 0. The molecule has 4 nitrogen and oxygen atoms in total. The summed E-state index contributed by atoms with van der Waals surface area (Å²) in [6.45, 7) is 16.7. The van der Waals surface area contributed by atoms with Gasteiger partial charge in [0.15, 0.2) is 0 Å². The molecule has 0 rings (SSSR count). The second-order valence-electron chi connectivity index (χ2n) is 11.5. The fraction of sp³-hybridized carbons (Fsp3) is 1.00. The molecule has 0 aromatic heterocycles. The van der Waals surface area contributed by atoms with Crippen LogP contribution in [0.2, 0.25) is 6.04 Å². The molecule has 0 spiro atoms. The third kappa shape index (κ3) is 21.5. The molecule has 0 N–H and O–H groups in total. The van der Waals surface area contributed by atoms with Crippen LogP contribution in [0.1, 0.15) is 157 Å². The van der Waals surface area contributed by atoms with Crippen molar-refractivity contribution in [3.05, 3.63) is 0 Å². The number of hydrogen-bond donors (Lipinski definition) is 0. The molecule has 0 aromatic carbocycles. The molecular weight excluding hydrogens is 474 g/mol. The van der Waals surface area contributed by atoms with E-state index in [2.05, 4.69) is 41.7 Å². The zero-order valence-corrected chi connectivity index (χ0v) is 27.6. The third-order valence-corrected chi connectivity index (χ3v) is 11.0. The Kier molecular flexibility index (Phi) is 26.3. The highest BCUT2D eigenvalue weighted by Gasteiger charge is 2.40. The van der Waals surface area contributed by atoms with Crippen LogP contribution in [0.3, 0.4) is 0 Å². The second-order valence-corrected chi connectivity index (χ2v) is 14.3. The minimum atomic E-state index is -2.53. The van der Waals surface area contributed by atoms with Crippen molar-refractivity contribution in [3.63, 3.8) is 0 Å². The maximum atomic E-state index is 6.13. The first kappa shape index (κ1) is 37.1. The lowest BCUT2D eigenvalue weighted by Crippen LogP contribution is -2.49. The molecule has 0 saturated carbocycles. The summed E-state index contributed by atoms with van der Waals surface area (Å²) in [4.78, 5) is 0. The molecule has 0 heterocycles. The Balaban J connectivity index is 4.59. The predicted molar refractivity (Wildman–Crippen MR) is 165 cm³/mol. The van der Waals surface area contributed by atoms with Gasteiger partial charge in [-0.25, -0.2) is 0 Å². The Labute approximate surface area is 235 Å². The van der Waals surface area contributed by atoms with Crippen molar-refractivity contribution in [2.75, 3.05) is 46.5 Å². The number of rotatable bonds is 30. The second kappa shape index (κ2) is 26.3. The molecule has 37 heavy (non-hydrogen) atoms. The molecule has 0 atom stereocenters. The molecule has 0 aliphatic rings. The first-order valence-electron chi connectivity index (χ1n) is 16.8. The zero-order valence-electron chi connectivity index (χ0n) is 26.6. The van der Waals surface area contributed by atoms with Gasteiger partial charge in [-0.05, 0) is 46.5 Å². The first-order chi connectivity index (χ1) is 18.0. The lowest BCUT2D eigenvalue weighted by Gasteiger charge is -2.36. The topological polar surface area (TPSA) is 27.7 Å². The fourth-order valence-corrected chi connectivity index (χ4v) is 8.22. The highest BCUT2D eigenvalue weighted by Crippen LogP contribution is 2.21. The number of hydrogen-bond acceptors (Lipinski definition) is 3. The van der Waals surface area contributed by atoms with Crippen LogP contribution in [0.5, 0.6) is 0 Å². The molecule has 5 heteroatoms. The van der Waals surface area contributed by atoms with Crippen LogP contribution < -0.4 is 0 Å². The smallest absolute Gasteiger partial charge is 0.374 e. The highest BCUT2D eigenvalue weighted by molar-refractivity contribution is 6.60. The summed E-state index contributed by atoms with van der Waals surface area (Å²) in [5, 5.41) is 0. The molecular formula is C32H70NO3Si+. The van der Waals surface area contributed by atoms with Crippen molar-refractivity contribution in [1.82, 2.24) is 0 Å². The van der Waals surface area contributed by atoms with E-state index in [0.29, 0.717) is 19.8 Å². The van der Waals surface area contributed by atoms with Crippen LogP contribution in [0.4, 0.5) is 0 Å². The number of unbranched alkanes of at least 4 members (excludes halogenated alkanes) is 16. The van der Waals surface area contributed by atoms with Crippen LogP contribution in [-0.4, -0.2) is 59.8 Å². The average molecular weight is 545 g/mol. The van der Waals surface area contributed by atoms with Crippen molar-refractivity contribution in [1.29, 1.82) is 0 Å². The fourth-order valence-electron chi connectivity index (χ4n) is 5.62. The first-order valence-corrected chi connectivity index (χ1v) is 18.7. The van der Waals surface area contributed by atoms with Gasteiger partial charge in [-0.1, -0.05) is 104 Å². The molecule has 224 valence electrons. The predicted octanol–water partition coefficient (Wildman–Crippen LogP) is 9.93. The molecule has 0 aliphatic carbocycles. The monoisotopic (exact) mass is 545 g/mol. The van der Waals surface area contributed by atoms with Crippen LogP contribution in [0.25, 0.3) is 0 Å². The van der Waals surface area contributed by atoms with Crippen LogP contribution in [0, 0.1) is 0 Å². The average Bonchev–Trinajstić information content (AvgIpc) is 2.87. The van der Waals surface area contributed by atoms with Crippen molar-refractivity contribution in [2.24, 2.45) is 0 Å². The van der Waals surface area contributed by atoms with E-state index in [9.17, 15) is 0 Å². The Bertz CT molecular complexity index is 424. The standard InChI is InChI=1S/C32H70NO3Si/c1-7-12-14-16-18-20-22-24-26-29-33(6,30-27-25-23-21-19-17-15-13-8-2)31-28-32-37(34-9-3,35-10-4)36-11-5/h7-32H2,1-6H3/q+1. The number of quaternary nitrogens is 1. The van der Waals surface area contributed by atoms with Crippen LogP contribution in [0.15, 0.2) is 0 Å². The Hall–Kier alpha value is 0.0569.